The van der Waals surface area contributed by atoms with E-state index in [1.165, 1.54) is 39.9 Å². The Morgan fingerprint density at radius 3 is 2.48 bits per heavy atom. The summed E-state index contributed by atoms with van der Waals surface area (Å²) in [5.41, 5.74) is 1.98. The summed E-state index contributed by atoms with van der Waals surface area (Å²) in [6, 6.07) is 15.7. The molecule has 8 nitrogen and oxygen atoms in total. The first-order chi connectivity index (χ1) is 15.9. The van der Waals surface area contributed by atoms with Crippen LogP contribution in [0.3, 0.4) is 0 Å². The largest absolute Gasteiger partial charge is 0.306 e. The average Bonchev–Trinajstić information content (AvgIpc) is 3.42. The van der Waals surface area contributed by atoms with Crippen molar-refractivity contribution in [1.82, 2.24) is 19.1 Å². The molecule has 1 amide bonds. The number of nitrogens with zero attached hydrogens (tertiary/aromatic N) is 4. The van der Waals surface area contributed by atoms with Crippen molar-refractivity contribution in [2.24, 2.45) is 0 Å². The number of benzene rings is 2. The Hall–Kier alpha value is -3.08. The summed E-state index contributed by atoms with van der Waals surface area (Å²) in [4.78, 5) is 17.7. The maximum atomic E-state index is 12.9. The number of nitrogens with one attached hydrogen (secondary N) is 1. The lowest BCUT2D eigenvalue weighted by atomic mass is 10.2. The van der Waals surface area contributed by atoms with Gasteiger partial charge < -0.3 is 5.32 Å². The van der Waals surface area contributed by atoms with Crippen LogP contribution in [0.2, 0.25) is 0 Å². The van der Waals surface area contributed by atoms with Gasteiger partial charge in [-0.2, -0.15) is 14.1 Å². The van der Waals surface area contributed by atoms with Crippen molar-refractivity contribution in [3.63, 3.8) is 0 Å². The molecule has 0 aliphatic carbocycles. The fourth-order valence-electron chi connectivity index (χ4n) is 3.91. The molecule has 2 aromatic heterocycles. The Balaban J connectivity index is 1.37. The van der Waals surface area contributed by atoms with Gasteiger partial charge in [-0.05, 0) is 56.2 Å². The van der Waals surface area contributed by atoms with E-state index in [4.69, 9.17) is 0 Å². The lowest BCUT2D eigenvalue weighted by molar-refractivity contribution is 0.102. The predicted molar refractivity (Wildman–Crippen MR) is 128 cm³/mol. The summed E-state index contributed by atoms with van der Waals surface area (Å²) in [5.74, 6) is 0.153. The number of fused-ring (bicyclic) bond motifs is 1. The number of aryl methyl sites for hydroxylation is 1. The van der Waals surface area contributed by atoms with Crippen molar-refractivity contribution in [3.05, 3.63) is 65.9 Å². The van der Waals surface area contributed by atoms with E-state index in [0.717, 1.165) is 35.2 Å². The molecule has 3 heterocycles. The third kappa shape index (κ3) is 4.29. The van der Waals surface area contributed by atoms with E-state index >= 15 is 0 Å². The van der Waals surface area contributed by atoms with Gasteiger partial charge in [-0.1, -0.05) is 29.9 Å². The van der Waals surface area contributed by atoms with Gasteiger partial charge in [0.15, 0.2) is 0 Å². The van der Waals surface area contributed by atoms with Crippen LogP contribution in [0.1, 0.15) is 35.3 Å². The SMILES string of the molecule is Cc1cc(NC(=O)c2ccc(S(=O)(=O)N3CCCCC3)cc2)n(-c2nc3ccccc3s2)n1. The highest BCUT2D eigenvalue weighted by Gasteiger charge is 2.26. The maximum Gasteiger partial charge on any atom is 0.256 e. The number of para-hydroxylation sites is 1. The molecule has 5 rings (SSSR count). The number of aromatic nitrogens is 3. The van der Waals surface area contributed by atoms with E-state index in [1.807, 2.05) is 31.2 Å². The van der Waals surface area contributed by atoms with Crippen molar-refractivity contribution in [3.8, 4) is 5.13 Å². The van der Waals surface area contributed by atoms with Crippen molar-refractivity contribution in [1.29, 1.82) is 0 Å². The molecule has 0 bridgehead atoms. The first-order valence-corrected chi connectivity index (χ1v) is 13.0. The van der Waals surface area contributed by atoms with Crippen molar-refractivity contribution >= 4 is 43.3 Å². The van der Waals surface area contributed by atoms with Crippen molar-refractivity contribution < 1.29 is 13.2 Å². The molecule has 4 aromatic rings. The van der Waals surface area contributed by atoms with Crippen LogP contribution in [0.25, 0.3) is 15.3 Å². The lowest BCUT2D eigenvalue weighted by Gasteiger charge is -2.25. The molecule has 1 N–H and O–H groups in total. The minimum Gasteiger partial charge on any atom is -0.306 e. The zero-order valence-corrected chi connectivity index (χ0v) is 19.7. The minimum absolute atomic E-state index is 0.205. The van der Waals surface area contributed by atoms with Gasteiger partial charge in [0.1, 0.15) is 5.82 Å². The third-order valence-corrected chi connectivity index (χ3v) is 8.53. The molecule has 0 atom stereocenters. The van der Waals surface area contributed by atoms with Crippen molar-refractivity contribution in [2.45, 2.75) is 31.1 Å². The van der Waals surface area contributed by atoms with Crippen LogP contribution >= 0.6 is 11.3 Å². The van der Waals surface area contributed by atoms with Crippen LogP contribution in [0.4, 0.5) is 5.82 Å². The van der Waals surface area contributed by atoms with Gasteiger partial charge in [0.2, 0.25) is 15.2 Å². The van der Waals surface area contributed by atoms with Crippen LogP contribution in [0.15, 0.2) is 59.5 Å². The molecule has 1 aliphatic heterocycles. The van der Waals surface area contributed by atoms with E-state index in [-0.39, 0.29) is 10.8 Å². The number of hydrogen-bond donors (Lipinski definition) is 1. The molecular formula is C23H23N5O3S2. The lowest BCUT2D eigenvalue weighted by Crippen LogP contribution is -2.35. The number of sulfonamides is 1. The Morgan fingerprint density at radius 1 is 1.03 bits per heavy atom. The van der Waals surface area contributed by atoms with Gasteiger partial charge in [0, 0.05) is 24.7 Å². The molecular weight excluding hydrogens is 458 g/mol. The average molecular weight is 482 g/mol. The van der Waals surface area contributed by atoms with Gasteiger partial charge in [-0.15, -0.1) is 0 Å². The molecule has 0 unspecified atom stereocenters. The fraction of sp³-hybridized carbons (Fsp3) is 0.261. The number of anilines is 1. The molecule has 1 fully saturated rings. The zero-order valence-electron chi connectivity index (χ0n) is 18.1. The number of rotatable bonds is 5. The predicted octanol–water partition coefficient (Wildman–Crippen LogP) is 4.22. The van der Waals surface area contributed by atoms with Crippen LogP contribution in [0.5, 0.6) is 0 Å². The molecule has 0 saturated carbocycles. The second-order valence-electron chi connectivity index (χ2n) is 7.99. The highest BCUT2D eigenvalue weighted by molar-refractivity contribution is 7.89. The summed E-state index contributed by atoms with van der Waals surface area (Å²) in [6.45, 7) is 2.93. The zero-order chi connectivity index (χ0) is 23.0. The second-order valence-corrected chi connectivity index (χ2v) is 10.9. The Morgan fingerprint density at radius 2 is 1.76 bits per heavy atom. The quantitative estimate of drug-likeness (QED) is 0.460. The number of hydrogen-bond acceptors (Lipinski definition) is 6. The Bertz CT molecular complexity index is 1390. The van der Waals surface area contributed by atoms with Gasteiger partial charge in [0.05, 0.1) is 20.8 Å². The highest BCUT2D eigenvalue weighted by atomic mass is 32.2. The first kappa shape index (κ1) is 21.7. The van der Waals surface area contributed by atoms with Crippen molar-refractivity contribution in [2.75, 3.05) is 18.4 Å². The highest BCUT2D eigenvalue weighted by Crippen LogP contribution is 2.27. The van der Waals surface area contributed by atoms with Gasteiger partial charge >= 0.3 is 0 Å². The molecule has 0 radical (unpaired) electrons. The molecule has 2 aromatic carbocycles. The third-order valence-electron chi connectivity index (χ3n) is 5.61. The van der Waals surface area contributed by atoms with Gasteiger partial charge in [-0.25, -0.2) is 13.4 Å². The molecule has 1 aliphatic rings. The van der Waals surface area contributed by atoms with Crippen LogP contribution in [-0.4, -0.2) is 46.5 Å². The number of amides is 1. The molecule has 10 heteroatoms. The first-order valence-electron chi connectivity index (χ1n) is 10.8. The topological polar surface area (TPSA) is 97.2 Å². The Labute approximate surface area is 195 Å². The van der Waals surface area contributed by atoms with E-state index in [0.29, 0.717) is 29.6 Å². The summed E-state index contributed by atoms with van der Waals surface area (Å²) in [6.07, 6.45) is 2.81. The van der Waals surface area contributed by atoms with Crippen LogP contribution < -0.4 is 5.32 Å². The monoisotopic (exact) mass is 481 g/mol. The van der Waals surface area contributed by atoms with E-state index in [1.54, 1.807) is 10.7 Å². The smallest absolute Gasteiger partial charge is 0.256 e. The number of piperidine rings is 1. The van der Waals surface area contributed by atoms with E-state index in [2.05, 4.69) is 15.4 Å². The molecule has 33 heavy (non-hydrogen) atoms. The summed E-state index contributed by atoms with van der Waals surface area (Å²) in [7, 11) is -3.54. The number of carbonyl (C=O) groups is 1. The molecule has 170 valence electrons. The summed E-state index contributed by atoms with van der Waals surface area (Å²) < 4.78 is 29.9. The Kier molecular flexibility index (Phi) is 5.73. The second kappa shape index (κ2) is 8.69. The standard InChI is InChI=1S/C23H23N5O3S2/c1-16-15-21(28(26-16)23-24-19-7-3-4-8-20(19)32-23)25-22(29)17-9-11-18(12-10-17)33(30,31)27-13-5-2-6-14-27/h3-4,7-12,15H,2,5-6,13-14H2,1H3,(H,25,29). The summed E-state index contributed by atoms with van der Waals surface area (Å²) in [5, 5.41) is 8.02. The van der Waals surface area contributed by atoms with Gasteiger partial charge in [0.25, 0.3) is 5.91 Å². The minimum atomic E-state index is -3.54. The molecule has 0 spiro atoms. The normalized spacial score (nSPS) is 15.1. The summed E-state index contributed by atoms with van der Waals surface area (Å²) >= 11 is 1.49. The molecule has 1 saturated heterocycles. The van der Waals surface area contributed by atoms with Crippen LogP contribution in [0, 0.1) is 6.92 Å². The van der Waals surface area contributed by atoms with Crippen LogP contribution in [-0.2, 0) is 10.0 Å². The van der Waals surface area contributed by atoms with E-state index < -0.39 is 10.0 Å². The maximum absolute atomic E-state index is 12.9. The van der Waals surface area contributed by atoms with E-state index in [9.17, 15) is 13.2 Å². The number of carbonyl (C=O) groups excluding carboxylic acids is 1. The fourth-order valence-corrected chi connectivity index (χ4v) is 6.35. The van der Waals surface area contributed by atoms with Gasteiger partial charge in [-0.3, -0.25) is 4.79 Å². The number of thiazole rings is 1.